The molecule has 0 spiro atoms. The van der Waals surface area contributed by atoms with Gasteiger partial charge in [-0.2, -0.15) is 0 Å². The highest BCUT2D eigenvalue weighted by Gasteiger charge is 2.28. The molecule has 0 aromatic carbocycles. The topological polar surface area (TPSA) is 91.8 Å². The van der Waals surface area contributed by atoms with Crippen molar-refractivity contribution in [3.8, 4) is 0 Å². The zero-order valence-corrected chi connectivity index (χ0v) is 9.86. The van der Waals surface area contributed by atoms with Crippen molar-refractivity contribution in [2.24, 2.45) is 0 Å². The molecule has 0 saturated carbocycles. The Morgan fingerprint density at radius 1 is 1.71 bits per heavy atom. The predicted molar refractivity (Wildman–Crippen MR) is 59.4 cm³/mol. The number of nitrogens with zero attached hydrogens (tertiary/aromatic N) is 2. The van der Waals surface area contributed by atoms with Crippen LogP contribution in [0, 0.1) is 0 Å². The van der Waals surface area contributed by atoms with Crippen LogP contribution in [0.5, 0.6) is 0 Å². The standard InChI is InChI=1S/C9H11N3O4S/c1-5(13)10-9-11-7(4-17-9)8(15)12-2-6(14)3-16-12/h4,6,14H,2-3H2,1H3,(H,10,11,13)/t6-/m0/s1. The van der Waals surface area contributed by atoms with Crippen LogP contribution in [0.15, 0.2) is 5.38 Å². The summed E-state index contributed by atoms with van der Waals surface area (Å²) in [6.07, 6.45) is -0.660. The van der Waals surface area contributed by atoms with Crippen molar-refractivity contribution in [2.75, 3.05) is 18.5 Å². The predicted octanol–water partition coefficient (Wildman–Crippen LogP) is -0.150. The second-order valence-corrected chi connectivity index (χ2v) is 4.39. The summed E-state index contributed by atoms with van der Waals surface area (Å²) in [7, 11) is 0. The van der Waals surface area contributed by atoms with E-state index < -0.39 is 12.0 Å². The number of hydrogen-bond donors (Lipinski definition) is 2. The number of hydrogen-bond acceptors (Lipinski definition) is 6. The van der Waals surface area contributed by atoms with Gasteiger partial charge in [-0.15, -0.1) is 11.3 Å². The number of rotatable bonds is 2. The molecule has 1 aliphatic rings. The van der Waals surface area contributed by atoms with Gasteiger partial charge in [0.1, 0.15) is 18.4 Å². The van der Waals surface area contributed by atoms with E-state index in [0.29, 0.717) is 5.13 Å². The van der Waals surface area contributed by atoms with Crippen molar-refractivity contribution in [2.45, 2.75) is 13.0 Å². The van der Waals surface area contributed by atoms with Gasteiger partial charge in [0.25, 0.3) is 5.91 Å². The van der Waals surface area contributed by atoms with Crippen LogP contribution >= 0.6 is 11.3 Å². The Morgan fingerprint density at radius 2 is 2.47 bits per heavy atom. The van der Waals surface area contributed by atoms with Crippen molar-refractivity contribution >= 4 is 28.3 Å². The van der Waals surface area contributed by atoms with Gasteiger partial charge < -0.3 is 10.4 Å². The highest BCUT2D eigenvalue weighted by molar-refractivity contribution is 7.14. The number of nitrogens with one attached hydrogen (secondary N) is 1. The summed E-state index contributed by atoms with van der Waals surface area (Å²) in [5, 5.41) is 14.7. The Balaban J connectivity index is 2.04. The van der Waals surface area contributed by atoms with Crippen molar-refractivity contribution in [1.29, 1.82) is 0 Å². The number of carbonyl (C=O) groups excluding carboxylic acids is 2. The number of carbonyl (C=O) groups is 2. The minimum atomic E-state index is -0.660. The van der Waals surface area contributed by atoms with Crippen molar-refractivity contribution in [3.63, 3.8) is 0 Å². The molecule has 92 valence electrons. The normalized spacial score (nSPS) is 19.4. The van der Waals surface area contributed by atoms with Crippen LogP contribution in [0.3, 0.4) is 0 Å². The SMILES string of the molecule is CC(=O)Nc1nc(C(=O)N2C[C@H](O)CO2)cs1. The molecular formula is C9H11N3O4S. The third-order valence-corrected chi connectivity index (χ3v) is 2.79. The molecule has 8 heteroatoms. The quantitative estimate of drug-likeness (QED) is 0.768. The van der Waals surface area contributed by atoms with Crippen molar-refractivity contribution in [3.05, 3.63) is 11.1 Å². The van der Waals surface area contributed by atoms with E-state index in [9.17, 15) is 14.7 Å². The highest BCUT2D eigenvalue weighted by Crippen LogP contribution is 2.18. The Bertz CT molecular complexity index is 447. The van der Waals surface area contributed by atoms with E-state index in [1.54, 1.807) is 0 Å². The molecular weight excluding hydrogens is 246 g/mol. The average Bonchev–Trinajstić information content (AvgIpc) is 2.85. The second kappa shape index (κ2) is 4.78. The fraction of sp³-hybridized carbons (Fsp3) is 0.444. The third-order valence-electron chi connectivity index (χ3n) is 2.03. The molecule has 2 heterocycles. The fourth-order valence-electron chi connectivity index (χ4n) is 1.32. The van der Waals surface area contributed by atoms with Crippen LogP contribution in [0.25, 0.3) is 0 Å². The monoisotopic (exact) mass is 257 g/mol. The first kappa shape index (κ1) is 12.0. The summed E-state index contributed by atoms with van der Waals surface area (Å²) >= 11 is 1.16. The number of amides is 2. The van der Waals surface area contributed by atoms with Gasteiger partial charge in [0.15, 0.2) is 5.13 Å². The molecule has 2 amide bonds. The Hall–Kier alpha value is -1.51. The summed E-state index contributed by atoms with van der Waals surface area (Å²) in [6, 6.07) is 0. The number of aliphatic hydroxyl groups excluding tert-OH is 1. The molecule has 1 atom stereocenters. The minimum absolute atomic E-state index is 0.106. The first-order valence-corrected chi connectivity index (χ1v) is 5.80. The molecule has 1 aromatic heterocycles. The van der Waals surface area contributed by atoms with Crippen LogP contribution in [0.2, 0.25) is 0 Å². The summed E-state index contributed by atoms with van der Waals surface area (Å²) in [6.45, 7) is 1.60. The zero-order valence-electron chi connectivity index (χ0n) is 9.04. The lowest BCUT2D eigenvalue weighted by Gasteiger charge is -2.11. The van der Waals surface area contributed by atoms with Gasteiger partial charge >= 0.3 is 0 Å². The van der Waals surface area contributed by atoms with Crippen molar-refractivity contribution < 1.29 is 19.5 Å². The van der Waals surface area contributed by atoms with E-state index in [0.717, 1.165) is 16.4 Å². The largest absolute Gasteiger partial charge is 0.389 e. The molecule has 17 heavy (non-hydrogen) atoms. The summed E-state index contributed by atoms with van der Waals surface area (Å²) in [5.41, 5.74) is 0.188. The minimum Gasteiger partial charge on any atom is -0.389 e. The van der Waals surface area contributed by atoms with Crippen LogP contribution in [-0.4, -0.2) is 46.2 Å². The first-order chi connectivity index (χ1) is 8.06. The number of thiazole rings is 1. The van der Waals surface area contributed by atoms with E-state index in [-0.39, 0.29) is 24.8 Å². The molecule has 2 rings (SSSR count). The summed E-state index contributed by atoms with van der Waals surface area (Å²) < 4.78 is 0. The van der Waals surface area contributed by atoms with Gasteiger partial charge in [0.05, 0.1) is 6.54 Å². The average molecular weight is 257 g/mol. The molecule has 0 bridgehead atoms. The van der Waals surface area contributed by atoms with Crippen LogP contribution < -0.4 is 5.32 Å². The molecule has 1 aliphatic heterocycles. The third kappa shape index (κ3) is 2.78. The molecule has 0 radical (unpaired) electrons. The second-order valence-electron chi connectivity index (χ2n) is 3.53. The lowest BCUT2D eigenvalue weighted by atomic mass is 10.4. The van der Waals surface area contributed by atoms with E-state index in [1.165, 1.54) is 12.3 Å². The maximum absolute atomic E-state index is 11.8. The Labute approximate surface area is 101 Å². The summed E-state index contributed by atoms with van der Waals surface area (Å²) in [5.74, 6) is -0.666. The molecule has 1 saturated heterocycles. The van der Waals surface area contributed by atoms with Crippen LogP contribution in [0.1, 0.15) is 17.4 Å². The van der Waals surface area contributed by atoms with Crippen molar-refractivity contribution in [1.82, 2.24) is 10.0 Å². The number of aliphatic hydroxyl groups is 1. The van der Waals surface area contributed by atoms with Gasteiger partial charge in [0, 0.05) is 12.3 Å². The van der Waals surface area contributed by atoms with E-state index >= 15 is 0 Å². The van der Waals surface area contributed by atoms with Crippen LogP contribution in [-0.2, 0) is 9.63 Å². The molecule has 0 aliphatic carbocycles. The molecule has 0 unspecified atom stereocenters. The zero-order chi connectivity index (χ0) is 12.4. The van der Waals surface area contributed by atoms with E-state index in [1.807, 2.05) is 0 Å². The Morgan fingerprint density at radius 3 is 3.06 bits per heavy atom. The maximum atomic E-state index is 11.8. The lowest BCUT2D eigenvalue weighted by molar-refractivity contribution is -0.114. The number of β-amino-alcohol motifs (C(OH)–C–C–N with tert-alkyl or cyclic N) is 1. The number of anilines is 1. The van der Waals surface area contributed by atoms with E-state index in [2.05, 4.69) is 10.3 Å². The van der Waals surface area contributed by atoms with Gasteiger partial charge in [-0.3, -0.25) is 14.4 Å². The summed E-state index contributed by atoms with van der Waals surface area (Å²) in [4.78, 5) is 31.5. The lowest BCUT2D eigenvalue weighted by Crippen LogP contribution is -2.28. The van der Waals surface area contributed by atoms with Gasteiger partial charge in [-0.05, 0) is 0 Å². The molecule has 7 nitrogen and oxygen atoms in total. The van der Waals surface area contributed by atoms with Gasteiger partial charge in [-0.25, -0.2) is 10.0 Å². The fourth-order valence-corrected chi connectivity index (χ4v) is 2.05. The highest BCUT2D eigenvalue weighted by atomic mass is 32.1. The Kier molecular flexibility index (Phi) is 3.36. The maximum Gasteiger partial charge on any atom is 0.297 e. The smallest absolute Gasteiger partial charge is 0.297 e. The molecule has 2 N–H and O–H groups in total. The number of aromatic nitrogens is 1. The number of hydroxylamine groups is 2. The van der Waals surface area contributed by atoms with Gasteiger partial charge in [0.2, 0.25) is 5.91 Å². The molecule has 1 aromatic rings. The van der Waals surface area contributed by atoms with E-state index in [4.69, 9.17) is 4.84 Å². The first-order valence-electron chi connectivity index (χ1n) is 4.92. The van der Waals surface area contributed by atoms with Crippen LogP contribution in [0.4, 0.5) is 5.13 Å². The molecule has 1 fully saturated rings. The van der Waals surface area contributed by atoms with Gasteiger partial charge in [-0.1, -0.05) is 0 Å².